The van der Waals surface area contributed by atoms with E-state index in [1.54, 1.807) is 0 Å². The summed E-state index contributed by atoms with van der Waals surface area (Å²) in [6.45, 7) is 0.972. The smallest absolute Gasteiger partial charge is 0.248 e. The quantitative estimate of drug-likeness (QED) is 0.715. The second-order valence-corrected chi connectivity index (χ2v) is 3.22. The highest BCUT2D eigenvalue weighted by Gasteiger charge is 1.91. The third kappa shape index (κ3) is 4.42. The summed E-state index contributed by atoms with van der Waals surface area (Å²) in [5.74, 6) is -1.08. The molecule has 16 heavy (non-hydrogen) atoms. The van der Waals surface area contributed by atoms with Crippen molar-refractivity contribution in [3.63, 3.8) is 0 Å². The first-order valence-corrected chi connectivity index (χ1v) is 4.98. The molecule has 0 aliphatic carbocycles. The molecule has 0 saturated carbocycles. The molecule has 2 aromatic rings. The summed E-state index contributed by atoms with van der Waals surface area (Å²) in [6, 6.07) is 20.8. The lowest BCUT2D eigenvalue weighted by Gasteiger charge is -1.98. The summed E-state index contributed by atoms with van der Waals surface area (Å²) >= 11 is 0. The number of carbonyl (C=O) groups excluding carboxylic acids is 1. The van der Waals surface area contributed by atoms with Gasteiger partial charge in [0.1, 0.15) is 0 Å². The molecular formula is C14H13O2. The molecule has 0 aliphatic heterocycles. The van der Waals surface area contributed by atoms with Crippen molar-refractivity contribution in [3.05, 3.63) is 60.7 Å². The standard InChI is InChI=1S/C12H10.C2H3O2/c1-3-7-11(8-4-1)12-9-5-2-6-10-12;1-2(3)4/h1-10H;1H3. The molecule has 2 heteroatoms. The molecule has 0 spiro atoms. The maximum atomic E-state index is 8.89. The zero-order chi connectivity index (χ0) is 11.8. The Hall–Kier alpha value is -2.09. The normalized spacial score (nSPS) is 8.81. The predicted octanol–water partition coefficient (Wildman–Crippen LogP) is 3.32. The van der Waals surface area contributed by atoms with Gasteiger partial charge in [-0.1, -0.05) is 60.7 Å². The highest BCUT2D eigenvalue weighted by Crippen LogP contribution is 2.17. The van der Waals surface area contributed by atoms with Crippen LogP contribution < -0.4 is 0 Å². The molecule has 0 fully saturated rings. The number of hydrogen-bond donors (Lipinski definition) is 0. The van der Waals surface area contributed by atoms with Gasteiger partial charge in [0.15, 0.2) is 0 Å². The minimum absolute atomic E-state index is 0.972. The monoisotopic (exact) mass is 213 g/mol. The predicted molar refractivity (Wildman–Crippen MR) is 63.2 cm³/mol. The molecule has 81 valence electrons. The van der Waals surface area contributed by atoms with E-state index in [1.807, 2.05) is 12.1 Å². The van der Waals surface area contributed by atoms with Gasteiger partial charge in [0.05, 0.1) is 0 Å². The van der Waals surface area contributed by atoms with Crippen molar-refractivity contribution in [1.29, 1.82) is 0 Å². The van der Waals surface area contributed by atoms with Crippen LogP contribution in [0.3, 0.4) is 0 Å². The van der Waals surface area contributed by atoms with E-state index in [0.29, 0.717) is 0 Å². The first kappa shape index (κ1) is 12.0. The van der Waals surface area contributed by atoms with E-state index in [0.717, 1.165) is 6.92 Å². The SMILES string of the molecule is CC([O])=O.c1ccc(-c2ccccc2)cc1. The summed E-state index contributed by atoms with van der Waals surface area (Å²) in [6.07, 6.45) is 0. The lowest BCUT2D eigenvalue weighted by molar-refractivity contribution is -0.140. The van der Waals surface area contributed by atoms with Gasteiger partial charge in [-0.3, -0.25) is 0 Å². The van der Waals surface area contributed by atoms with Crippen LogP contribution in [0.2, 0.25) is 0 Å². The average molecular weight is 213 g/mol. The fourth-order valence-corrected chi connectivity index (χ4v) is 1.26. The molecule has 0 amide bonds. The van der Waals surface area contributed by atoms with Crippen LogP contribution in [0, 0.1) is 0 Å². The van der Waals surface area contributed by atoms with Crippen LogP contribution >= 0.6 is 0 Å². The van der Waals surface area contributed by atoms with Crippen LogP contribution in [-0.2, 0) is 9.90 Å². The second kappa shape index (κ2) is 6.40. The van der Waals surface area contributed by atoms with Crippen molar-refractivity contribution < 1.29 is 9.90 Å². The van der Waals surface area contributed by atoms with Gasteiger partial charge in [-0.05, 0) is 11.1 Å². The van der Waals surface area contributed by atoms with Crippen LogP contribution in [0.1, 0.15) is 6.92 Å². The lowest BCUT2D eigenvalue weighted by Crippen LogP contribution is -1.74. The van der Waals surface area contributed by atoms with Crippen LogP contribution in [0.5, 0.6) is 0 Å². The molecule has 2 aromatic carbocycles. The van der Waals surface area contributed by atoms with Gasteiger partial charge >= 0.3 is 5.97 Å². The van der Waals surface area contributed by atoms with Crippen molar-refractivity contribution >= 4 is 5.97 Å². The van der Waals surface area contributed by atoms with Crippen LogP contribution in [-0.4, -0.2) is 5.97 Å². The molecule has 2 nitrogen and oxygen atoms in total. The minimum atomic E-state index is -1.08. The maximum absolute atomic E-state index is 8.89. The third-order valence-corrected chi connectivity index (χ3v) is 1.88. The number of rotatable bonds is 1. The first-order valence-electron chi connectivity index (χ1n) is 4.98. The molecular weight excluding hydrogens is 200 g/mol. The van der Waals surface area contributed by atoms with Gasteiger partial charge in [0, 0.05) is 6.92 Å². The lowest BCUT2D eigenvalue weighted by atomic mass is 10.1. The Labute approximate surface area is 95.2 Å². The summed E-state index contributed by atoms with van der Waals surface area (Å²) < 4.78 is 0. The molecule has 0 bridgehead atoms. The van der Waals surface area contributed by atoms with Crippen molar-refractivity contribution in [3.8, 4) is 11.1 Å². The number of hydrogen-bond acceptors (Lipinski definition) is 1. The molecule has 0 N–H and O–H groups in total. The summed E-state index contributed by atoms with van der Waals surface area (Å²) in [5.41, 5.74) is 2.55. The second-order valence-electron chi connectivity index (χ2n) is 3.22. The van der Waals surface area contributed by atoms with E-state index < -0.39 is 5.97 Å². The van der Waals surface area contributed by atoms with E-state index in [9.17, 15) is 0 Å². The van der Waals surface area contributed by atoms with Crippen molar-refractivity contribution in [2.24, 2.45) is 0 Å². The van der Waals surface area contributed by atoms with Gasteiger partial charge in [-0.25, -0.2) is 9.90 Å². The molecule has 0 aliphatic rings. The topological polar surface area (TPSA) is 37.0 Å². The van der Waals surface area contributed by atoms with Crippen LogP contribution in [0.4, 0.5) is 0 Å². The Morgan fingerprint density at radius 2 is 1.00 bits per heavy atom. The molecule has 0 heterocycles. The number of benzene rings is 2. The summed E-state index contributed by atoms with van der Waals surface area (Å²) in [5, 5.41) is 8.89. The first-order chi connectivity index (χ1) is 7.70. The number of carbonyl (C=O) groups is 1. The largest absolute Gasteiger partial charge is 0.352 e. The Morgan fingerprint density at radius 3 is 1.25 bits per heavy atom. The van der Waals surface area contributed by atoms with E-state index in [4.69, 9.17) is 9.90 Å². The van der Waals surface area contributed by atoms with Gasteiger partial charge < -0.3 is 0 Å². The Kier molecular flexibility index (Phi) is 4.80. The van der Waals surface area contributed by atoms with Crippen molar-refractivity contribution in [2.75, 3.05) is 0 Å². The van der Waals surface area contributed by atoms with Crippen LogP contribution in [0.15, 0.2) is 60.7 Å². The van der Waals surface area contributed by atoms with Crippen molar-refractivity contribution in [1.82, 2.24) is 0 Å². The van der Waals surface area contributed by atoms with E-state index in [1.165, 1.54) is 11.1 Å². The van der Waals surface area contributed by atoms with Gasteiger partial charge in [-0.15, -0.1) is 0 Å². The Balaban J connectivity index is 0.000000280. The van der Waals surface area contributed by atoms with E-state index in [-0.39, 0.29) is 0 Å². The fourth-order valence-electron chi connectivity index (χ4n) is 1.26. The average Bonchev–Trinajstić information content (AvgIpc) is 2.31. The van der Waals surface area contributed by atoms with E-state index >= 15 is 0 Å². The van der Waals surface area contributed by atoms with Crippen LogP contribution in [0.25, 0.3) is 11.1 Å². The van der Waals surface area contributed by atoms with Gasteiger partial charge in [-0.2, -0.15) is 0 Å². The molecule has 1 radical (unpaired) electrons. The third-order valence-electron chi connectivity index (χ3n) is 1.88. The zero-order valence-electron chi connectivity index (χ0n) is 9.09. The summed E-state index contributed by atoms with van der Waals surface area (Å²) in [7, 11) is 0. The molecule has 0 aromatic heterocycles. The highest BCUT2D eigenvalue weighted by molar-refractivity contribution is 5.63. The molecule has 0 atom stereocenters. The fraction of sp³-hybridized carbons (Fsp3) is 0.0714. The summed E-state index contributed by atoms with van der Waals surface area (Å²) in [4.78, 5) is 8.89. The maximum Gasteiger partial charge on any atom is 0.352 e. The van der Waals surface area contributed by atoms with E-state index in [2.05, 4.69) is 48.5 Å². The zero-order valence-corrected chi connectivity index (χ0v) is 9.09. The Bertz CT molecular complexity index is 380. The molecule has 0 saturated heterocycles. The minimum Gasteiger partial charge on any atom is -0.248 e. The molecule has 2 rings (SSSR count). The van der Waals surface area contributed by atoms with Gasteiger partial charge in [0.2, 0.25) is 0 Å². The highest BCUT2D eigenvalue weighted by atomic mass is 16.4. The molecule has 0 unspecified atom stereocenters. The van der Waals surface area contributed by atoms with Crippen molar-refractivity contribution in [2.45, 2.75) is 6.92 Å². The van der Waals surface area contributed by atoms with Gasteiger partial charge in [0.25, 0.3) is 0 Å². The Morgan fingerprint density at radius 1 is 0.750 bits per heavy atom.